The van der Waals surface area contributed by atoms with Gasteiger partial charge in [0.2, 0.25) is 0 Å². The van der Waals surface area contributed by atoms with Gasteiger partial charge in [-0.3, -0.25) is 0 Å². The van der Waals surface area contributed by atoms with Crippen molar-refractivity contribution in [2.24, 2.45) is 5.92 Å². The van der Waals surface area contributed by atoms with Gasteiger partial charge in [0.15, 0.2) is 5.13 Å². The number of hydrogen-bond donors (Lipinski definition) is 1. The van der Waals surface area contributed by atoms with E-state index < -0.39 is 0 Å². The van der Waals surface area contributed by atoms with Crippen molar-refractivity contribution in [1.29, 1.82) is 0 Å². The highest BCUT2D eigenvalue weighted by Crippen LogP contribution is 2.35. The lowest BCUT2D eigenvalue weighted by Crippen LogP contribution is -2.07. The lowest BCUT2D eigenvalue weighted by molar-refractivity contribution is 0.688. The predicted octanol–water partition coefficient (Wildman–Crippen LogP) is 5.18. The third-order valence-corrected chi connectivity index (χ3v) is 3.91. The Hall–Kier alpha value is -0.770. The quantitative estimate of drug-likeness (QED) is 0.841. The van der Waals surface area contributed by atoms with E-state index in [2.05, 4.69) is 24.1 Å². The van der Waals surface area contributed by atoms with Crippen LogP contribution in [0.2, 0.25) is 10.0 Å². The second-order valence-corrected chi connectivity index (χ2v) is 6.30. The van der Waals surface area contributed by atoms with Crippen LogP contribution in [-0.4, -0.2) is 11.5 Å². The first-order valence-electron chi connectivity index (χ1n) is 5.71. The molecule has 0 aliphatic heterocycles. The van der Waals surface area contributed by atoms with E-state index in [1.54, 1.807) is 23.5 Å². The minimum atomic E-state index is 0.590. The number of aromatic nitrogens is 1. The molecule has 0 amide bonds. The molecular weight excluding hydrogens is 287 g/mol. The summed E-state index contributed by atoms with van der Waals surface area (Å²) >= 11 is 13.7. The van der Waals surface area contributed by atoms with Crippen LogP contribution >= 0.6 is 34.5 Å². The van der Waals surface area contributed by atoms with Crippen molar-refractivity contribution in [3.63, 3.8) is 0 Å². The molecule has 0 spiro atoms. The van der Waals surface area contributed by atoms with Crippen molar-refractivity contribution >= 4 is 39.7 Å². The van der Waals surface area contributed by atoms with E-state index in [9.17, 15) is 0 Å². The van der Waals surface area contributed by atoms with Crippen LogP contribution in [-0.2, 0) is 0 Å². The Kier molecular flexibility index (Phi) is 4.49. The summed E-state index contributed by atoms with van der Waals surface area (Å²) in [4.78, 5) is 5.36. The van der Waals surface area contributed by atoms with Crippen LogP contribution in [0.1, 0.15) is 13.8 Å². The molecule has 0 atom stereocenters. The highest BCUT2D eigenvalue weighted by Gasteiger charge is 2.09. The number of hydrogen-bond acceptors (Lipinski definition) is 3. The lowest BCUT2D eigenvalue weighted by Gasteiger charge is -2.04. The number of rotatable bonds is 4. The molecule has 1 heterocycles. The molecular formula is C13H14Cl2N2S. The lowest BCUT2D eigenvalue weighted by atomic mass is 10.2. The second-order valence-electron chi connectivity index (χ2n) is 4.43. The molecule has 2 nitrogen and oxygen atoms in total. The zero-order valence-corrected chi connectivity index (χ0v) is 12.5. The summed E-state index contributed by atoms with van der Waals surface area (Å²) in [7, 11) is 0. The molecule has 1 aromatic heterocycles. The summed E-state index contributed by atoms with van der Waals surface area (Å²) in [6, 6.07) is 5.45. The molecule has 0 radical (unpaired) electrons. The van der Waals surface area contributed by atoms with Gasteiger partial charge in [-0.15, -0.1) is 0 Å². The largest absolute Gasteiger partial charge is 0.361 e. The van der Waals surface area contributed by atoms with Gasteiger partial charge in [0.1, 0.15) is 0 Å². The molecule has 2 aromatic rings. The molecule has 0 fully saturated rings. The van der Waals surface area contributed by atoms with Crippen molar-refractivity contribution in [3.05, 3.63) is 34.4 Å². The Balaban J connectivity index is 2.21. The van der Waals surface area contributed by atoms with Crippen LogP contribution in [0.4, 0.5) is 5.13 Å². The van der Waals surface area contributed by atoms with Crippen LogP contribution in [0.25, 0.3) is 10.4 Å². The summed E-state index contributed by atoms with van der Waals surface area (Å²) in [6.45, 7) is 5.24. The van der Waals surface area contributed by atoms with Crippen molar-refractivity contribution in [3.8, 4) is 10.4 Å². The van der Waals surface area contributed by atoms with Gasteiger partial charge in [-0.05, 0) is 24.1 Å². The molecule has 0 unspecified atom stereocenters. The Morgan fingerprint density at radius 2 is 2.11 bits per heavy atom. The highest BCUT2D eigenvalue weighted by atomic mass is 35.5. The maximum absolute atomic E-state index is 6.17. The third kappa shape index (κ3) is 3.37. The minimum absolute atomic E-state index is 0.590. The monoisotopic (exact) mass is 300 g/mol. The first kappa shape index (κ1) is 13.7. The van der Waals surface area contributed by atoms with Crippen molar-refractivity contribution < 1.29 is 0 Å². The standard InChI is InChI=1S/C13H14Cl2N2S/c1-8(2)6-16-13-17-7-12(18-13)10-5-9(14)3-4-11(10)15/h3-5,7-8H,6H2,1-2H3,(H,16,17). The van der Waals surface area contributed by atoms with Gasteiger partial charge in [0, 0.05) is 28.4 Å². The maximum atomic E-state index is 6.17. The van der Waals surface area contributed by atoms with E-state index >= 15 is 0 Å². The van der Waals surface area contributed by atoms with Crippen LogP contribution < -0.4 is 5.32 Å². The number of anilines is 1. The molecule has 0 saturated heterocycles. The molecule has 0 saturated carbocycles. The maximum Gasteiger partial charge on any atom is 0.183 e. The summed E-state index contributed by atoms with van der Waals surface area (Å²) in [5, 5.41) is 5.58. The van der Waals surface area contributed by atoms with E-state index in [1.807, 2.05) is 12.3 Å². The Morgan fingerprint density at radius 3 is 2.83 bits per heavy atom. The zero-order valence-electron chi connectivity index (χ0n) is 10.2. The normalized spacial score (nSPS) is 10.9. The molecule has 1 aromatic carbocycles. The predicted molar refractivity (Wildman–Crippen MR) is 80.9 cm³/mol. The number of nitrogens with zero attached hydrogens (tertiary/aromatic N) is 1. The Morgan fingerprint density at radius 1 is 1.33 bits per heavy atom. The molecule has 0 aliphatic carbocycles. The van der Waals surface area contributed by atoms with Gasteiger partial charge in [-0.25, -0.2) is 4.98 Å². The third-order valence-electron chi connectivity index (χ3n) is 2.36. The van der Waals surface area contributed by atoms with E-state index in [4.69, 9.17) is 23.2 Å². The van der Waals surface area contributed by atoms with Crippen molar-refractivity contribution in [2.45, 2.75) is 13.8 Å². The first-order chi connectivity index (χ1) is 8.56. The van der Waals surface area contributed by atoms with Crippen LogP contribution in [0.3, 0.4) is 0 Å². The van der Waals surface area contributed by atoms with Crippen LogP contribution in [0.15, 0.2) is 24.4 Å². The fourth-order valence-corrected chi connectivity index (χ4v) is 2.76. The van der Waals surface area contributed by atoms with Gasteiger partial charge in [-0.2, -0.15) is 0 Å². The van der Waals surface area contributed by atoms with Gasteiger partial charge in [0.25, 0.3) is 0 Å². The molecule has 2 rings (SSSR count). The van der Waals surface area contributed by atoms with Crippen LogP contribution in [0.5, 0.6) is 0 Å². The van der Waals surface area contributed by atoms with Gasteiger partial charge >= 0.3 is 0 Å². The minimum Gasteiger partial charge on any atom is -0.361 e. The Bertz CT molecular complexity index is 538. The molecule has 1 N–H and O–H groups in total. The summed E-state index contributed by atoms with van der Waals surface area (Å²) in [6.07, 6.45) is 1.82. The Labute approximate surface area is 121 Å². The van der Waals surface area contributed by atoms with E-state index in [0.717, 1.165) is 22.1 Å². The van der Waals surface area contributed by atoms with Crippen LogP contribution in [0, 0.1) is 5.92 Å². The van der Waals surface area contributed by atoms with Gasteiger partial charge in [-0.1, -0.05) is 48.4 Å². The van der Waals surface area contributed by atoms with Crippen molar-refractivity contribution in [1.82, 2.24) is 4.98 Å². The fourth-order valence-electron chi connectivity index (χ4n) is 1.46. The van der Waals surface area contributed by atoms with E-state index in [0.29, 0.717) is 16.0 Å². The molecule has 0 bridgehead atoms. The van der Waals surface area contributed by atoms with E-state index in [-0.39, 0.29) is 0 Å². The van der Waals surface area contributed by atoms with Crippen molar-refractivity contribution in [2.75, 3.05) is 11.9 Å². The fraction of sp³-hybridized carbons (Fsp3) is 0.308. The number of halogens is 2. The molecule has 0 aliphatic rings. The SMILES string of the molecule is CC(C)CNc1ncc(-c2cc(Cl)ccc2Cl)s1. The summed E-state index contributed by atoms with van der Waals surface area (Å²) < 4.78 is 0. The second kappa shape index (κ2) is 5.91. The zero-order chi connectivity index (χ0) is 13.1. The number of thiazole rings is 1. The summed E-state index contributed by atoms with van der Waals surface area (Å²) in [5.41, 5.74) is 0.930. The molecule has 5 heteroatoms. The van der Waals surface area contributed by atoms with Gasteiger partial charge < -0.3 is 5.32 Å². The highest BCUT2D eigenvalue weighted by molar-refractivity contribution is 7.18. The first-order valence-corrected chi connectivity index (χ1v) is 7.28. The number of benzene rings is 1. The molecule has 96 valence electrons. The average molecular weight is 301 g/mol. The number of nitrogens with one attached hydrogen (secondary N) is 1. The van der Waals surface area contributed by atoms with Gasteiger partial charge in [0.05, 0.1) is 4.88 Å². The van der Waals surface area contributed by atoms with E-state index in [1.165, 1.54) is 0 Å². The smallest absolute Gasteiger partial charge is 0.183 e. The summed E-state index contributed by atoms with van der Waals surface area (Å²) in [5.74, 6) is 0.590. The topological polar surface area (TPSA) is 24.9 Å². The molecule has 18 heavy (non-hydrogen) atoms. The average Bonchev–Trinajstić information content (AvgIpc) is 2.78.